The number of anilines is 1. The van der Waals surface area contributed by atoms with E-state index in [1.807, 2.05) is 12.1 Å². The van der Waals surface area contributed by atoms with E-state index in [9.17, 15) is 12.8 Å². The molecule has 0 radical (unpaired) electrons. The molecule has 0 amide bonds. The van der Waals surface area contributed by atoms with Gasteiger partial charge in [0.1, 0.15) is 5.82 Å². The molecule has 0 aliphatic carbocycles. The van der Waals surface area contributed by atoms with Crippen LogP contribution in [0.3, 0.4) is 0 Å². The average molecular weight is 312 g/mol. The van der Waals surface area contributed by atoms with Crippen LogP contribution in [-0.4, -0.2) is 15.0 Å². The maximum Gasteiger partial charge on any atom is 0.264 e. The molecule has 0 atom stereocenters. The maximum absolute atomic E-state index is 13.2. The summed E-state index contributed by atoms with van der Waals surface area (Å²) in [7, 11) is -3.71. The van der Waals surface area contributed by atoms with Crippen molar-refractivity contribution in [3.05, 3.63) is 58.9 Å². The molecule has 1 heterocycles. The summed E-state index contributed by atoms with van der Waals surface area (Å²) in [6.45, 7) is 0.386. The predicted molar refractivity (Wildman–Crippen MR) is 76.1 cm³/mol. The largest absolute Gasteiger partial charge is 0.266 e. The number of sulfonamides is 1. The van der Waals surface area contributed by atoms with Crippen molar-refractivity contribution in [3.63, 3.8) is 0 Å². The van der Waals surface area contributed by atoms with Gasteiger partial charge in [0.15, 0.2) is 0 Å². The molecule has 0 aromatic heterocycles. The molecule has 0 bridgehead atoms. The van der Waals surface area contributed by atoms with Crippen LogP contribution in [0.5, 0.6) is 0 Å². The molecule has 0 N–H and O–H groups in total. The zero-order chi connectivity index (χ0) is 14.3. The van der Waals surface area contributed by atoms with Gasteiger partial charge in [-0.05, 0) is 36.2 Å². The van der Waals surface area contributed by atoms with Crippen molar-refractivity contribution < 1.29 is 12.8 Å². The van der Waals surface area contributed by atoms with Crippen LogP contribution in [-0.2, 0) is 16.4 Å². The van der Waals surface area contributed by atoms with E-state index in [0.717, 1.165) is 17.7 Å². The molecule has 3 rings (SSSR count). The van der Waals surface area contributed by atoms with Crippen LogP contribution in [0.4, 0.5) is 10.1 Å². The highest BCUT2D eigenvalue weighted by Gasteiger charge is 2.30. The molecule has 104 valence electrons. The smallest absolute Gasteiger partial charge is 0.264 e. The number of para-hydroxylation sites is 1. The van der Waals surface area contributed by atoms with E-state index in [1.54, 1.807) is 12.1 Å². The molecule has 6 heteroatoms. The van der Waals surface area contributed by atoms with Crippen LogP contribution < -0.4 is 4.31 Å². The van der Waals surface area contributed by atoms with Crippen LogP contribution in [0.2, 0.25) is 5.02 Å². The van der Waals surface area contributed by atoms with Gasteiger partial charge in [0, 0.05) is 6.54 Å². The molecule has 1 aliphatic heterocycles. The summed E-state index contributed by atoms with van der Waals surface area (Å²) in [6, 6.07) is 10.8. The number of fused-ring (bicyclic) bond motifs is 1. The Morgan fingerprint density at radius 2 is 1.90 bits per heavy atom. The Hall–Kier alpha value is -1.59. The van der Waals surface area contributed by atoms with Crippen molar-refractivity contribution in [2.75, 3.05) is 10.8 Å². The van der Waals surface area contributed by atoms with E-state index < -0.39 is 15.8 Å². The molecule has 0 saturated heterocycles. The fourth-order valence-electron chi connectivity index (χ4n) is 2.32. The molecular formula is C14H11ClFNO2S. The summed E-state index contributed by atoms with van der Waals surface area (Å²) < 4.78 is 39.7. The fourth-order valence-corrected chi connectivity index (χ4v) is 4.10. The summed E-state index contributed by atoms with van der Waals surface area (Å²) in [5, 5.41) is -0.196. The second-order valence-corrected chi connectivity index (χ2v) is 6.80. The standard InChI is InChI=1S/C14H11ClFNO2S/c15-12-9-11(5-6-13(12)16)20(18,19)17-8-7-10-3-1-2-4-14(10)17/h1-6,9H,7-8H2. The van der Waals surface area contributed by atoms with E-state index in [4.69, 9.17) is 11.6 Å². The number of rotatable bonds is 2. The Balaban J connectivity index is 2.07. The van der Waals surface area contributed by atoms with Gasteiger partial charge in [0.2, 0.25) is 0 Å². The van der Waals surface area contributed by atoms with E-state index in [0.29, 0.717) is 18.7 Å². The molecule has 0 saturated carbocycles. The van der Waals surface area contributed by atoms with Gasteiger partial charge in [0.25, 0.3) is 10.0 Å². The van der Waals surface area contributed by atoms with Gasteiger partial charge in [-0.25, -0.2) is 12.8 Å². The lowest BCUT2D eigenvalue weighted by atomic mass is 10.2. The van der Waals surface area contributed by atoms with Crippen molar-refractivity contribution in [2.45, 2.75) is 11.3 Å². The van der Waals surface area contributed by atoms with E-state index >= 15 is 0 Å². The van der Waals surface area contributed by atoms with Gasteiger partial charge in [-0.2, -0.15) is 0 Å². The number of halogens is 2. The predicted octanol–water partition coefficient (Wildman–Crippen LogP) is 3.23. The Bertz CT molecular complexity index is 776. The molecule has 20 heavy (non-hydrogen) atoms. The van der Waals surface area contributed by atoms with Crippen LogP contribution in [0.15, 0.2) is 47.4 Å². The minimum atomic E-state index is -3.71. The average Bonchev–Trinajstić information content (AvgIpc) is 2.86. The molecule has 2 aromatic carbocycles. The molecule has 0 fully saturated rings. The first-order valence-corrected chi connectivity index (χ1v) is 7.87. The van der Waals surface area contributed by atoms with Crippen molar-refractivity contribution in [3.8, 4) is 0 Å². The van der Waals surface area contributed by atoms with E-state index in [1.165, 1.54) is 10.4 Å². The number of hydrogen-bond acceptors (Lipinski definition) is 2. The molecule has 1 aliphatic rings. The van der Waals surface area contributed by atoms with Crippen molar-refractivity contribution in [2.24, 2.45) is 0 Å². The summed E-state index contributed by atoms with van der Waals surface area (Å²) in [6.07, 6.45) is 0.671. The Labute approximate surface area is 121 Å². The second kappa shape index (κ2) is 4.75. The van der Waals surface area contributed by atoms with E-state index in [-0.39, 0.29) is 9.92 Å². The van der Waals surface area contributed by atoms with Gasteiger partial charge in [-0.15, -0.1) is 0 Å². The zero-order valence-electron chi connectivity index (χ0n) is 10.4. The van der Waals surface area contributed by atoms with Gasteiger partial charge < -0.3 is 0 Å². The quantitative estimate of drug-likeness (QED) is 0.854. The van der Waals surface area contributed by atoms with Crippen molar-refractivity contribution in [1.82, 2.24) is 0 Å². The first-order chi connectivity index (χ1) is 9.50. The number of benzene rings is 2. The van der Waals surface area contributed by atoms with Gasteiger partial charge in [0.05, 0.1) is 15.6 Å². The highest BCUT2D eigenvalue weighted by atomic mass is 35.5. The molecular weight excluding hydrogens is 301 g/mol. The second-order valence-electron chi connectivity index (χ2n) is 4.53. The lowest BCUT2D eigenvalue weighted by Crippen LogP contribution is -2.29. The lowest BCUT2D eigenvalue weighted by Gasteiger charge is -2.19. The van der Waals surface area contributed by atoms with Gasteiger partial charge in [-0.1, -0.05) is 29.8 Å². The van der Waals surface area contributed by atoms with E-state index in [2.05, 4.69) is 0 Å². The normalized spacial score (nSPS) is 14.4. The first kappa shape index (κ1) is 13.4. The Morgan fingerprint density at radius 1 is 1.15 bits per heavy atom. The van der Waals surface area contributed by atoms with Crippen molar-refractivity contribution >= 4 is 27.3 Å². The van der Waals surface area contributed by atoms with Crippen LogP contribution in [0, 0.1) is 5.82 Å². The molecule has 2 aromatic rings. The van der Waals surface area contributed by atoms with Gasteiger partial charge in [-0.3, -0.25) is 4.31 Å². The minimum absolute atomic E-state index is 0.000558. The Kier molecular flexibility index (Phi) is 3.18. The number of hydrogen-bond donors (Lipinski definition) is 0. The highest BCUT2D eigenvalue weighted by molar-refractivity contribution is 7.92. The third-order valence-electron chi connectivity index (χ3n) is 3.32. The first-order valence-electron chi connectivity index (χ1n) is 6.06. The SMILES string of the molecule is O=S(=O)(c1ccc(F)c(Cl)c1)N1CCc2ccccc21. The van der Waals surface area contributed by atoms with Crippen LogP contribution in [0.25, 0.3) is 0 Å². The molecule has 3 nitrogen and oxygen atoms in total. The third kappa shape index (κ3) is 2.07. The fraction of sp³-hybridized carbons (Fsp3) is 0.143. The summed E-state index contributed by atoms with van der Waals surface area (Å²) in [5.41, 5.74) is 1.66. The van der Waals surface area contributed by atoms with Crippen LogP contribution >= 0.6 is 11.6 Å². The number of nitrogens with zero attached hydrogens (tertiary/aromatic N) is 1. The summed E-state index contributed by atoms with van der Waals surface area (Å²) in [4.78, 5) is 0.000558. The maximum atomic E-state index is 13.2. The summed E-state index contributed by atoms with van der Waals surface area (Å²) in [5.74, 6) is -0.632. The van der Waals surface area contributed by atoms with Crippen molar-refractivity contribution in [1.29, 1.82) is 0 Å². The zero-order valence-corrected chi connectivity index (χ0v) is 12.0. The lowest BCUT2D eigenvalue weighted by molar-refractivity contribution is 0.591. The molecule has 0 unspecified atom stereocenters. The van der Waals surface area contributed by atoms with Gasteiger partial charge >= 0.3 is 0 Å². The molecule has 0 spiro atoms. The Morgan fingerprint density at radius 3 is 2.65 bits per heavy atom. The van der Waals surface area contributed by atoms with Crippen LogP contribution in [0.1, 0.15) is 5.56 Å². The monoisotopic (exact) mass is 311 g/mol. The highest BCUT2D eigenvalue weighted by Crippen LogP contribution is 2.33. The third-order valence-corrected chi connectivity index (χ3v) is 5.42. The minimum Gasteiger partial charge on any atom is -0.266 e. The topological polar surface area (TPSA) is 37.4 Å². The summed E-state index contributed by atoms with van der Waals surface area (Å²) >= 11 is 5.67.